The molecule has 0 saturated carbocycles. The van der Waals surface area contributed by atoms with Crippen LogP contribution < -0.4 is 92.1 Å². The number of hydrogen-bond donors (Lipinski definition) is 21. The Morgan fingerprint density at radius 3 is 1.36 bits per heavy atom. The number of imidazole rings is 2. The Morgan fingerprint density at radius 1 is 0.500 bits per heavy atom. The number of rotatable bonds is 19. The van der Waals surface area contributed by atoms with E-state index in [4.69, 9.17) is 22.9 Å². The predicted octanol–water partition coefficient (Wildman–Crippen LogP) is -8.60. The number of nitrogens with two attached hydrogens (primary N) is 4. The van der Waals surface area contributed by atoms with Gasteiger partial charge in [-0.25, -0.2) is 9.97 Å². The average molecular weight is 1710 g/mol. The summed E-state index contributed by atoms with van der Waals surface area (Å²) in [4.78, 5) is 285. The van der Waals surface area contributed by atoms with Crippen molar-refractivity contribution in [2.24, 2.45) is 40.7 Å². The second kappa shape index (κ2) is 45.8. The number of nitrogens with one attached hydrogen (secondary N) is 15. The zero-order chi connectivity index (χ0) is 85.8. The monoisotopic (exact) mass is 1710 g/mol. The molecule has 2 aromatic heterocycles. The first-order chi connectivity index (χ1) is 54.9. The molecule has 4 aliphatic rings. The van der Waals surface area contributed by atoms with E-state index in [2.05, 4.69) is 89.1 Å². The van der Waals surface area contributed by atoms with E-state index in [0.717, 1.165) is 53.0 Å². The lowest BCUT2D eigenvalue weighted by molar-refractivity contribution is -0.143. The summed E-state index contributed by atoms with van der Waals surface area (Å²) in [5, 5.41) is 53.0. The van der Waals surface area contributed by atoms with Gasteiger partial charge in [0.25, 0.3) is 0 Å². The Labute approximate surface area is 681 Å². The molecule has 116 heavy (non-hydrogen) atoms. The molecular weight excluding hydrogens is 1600 g/mol. The van der Waals surface area contributed by atoms with Crippen molar-refractivity contribution in [1.82, 2.24) is 98.9 Å². The Kier molecular flexibility index (Phi) is 37.3. The van der Waals surface area contributed by atoms with Gasteiger partial charge in [0, 0.05) is 79.1 Å². The summed E-state index contributed by atoms with van der Waals surface area (Å²) < 4.78 is 0. The van der Waals surface area contributed by atoms with E-state index in [1.807, 2.05) is 0 Å². The second-order valence-electron chi connectivity index (χ2n) is 28.6. The summed E-state index contributed by atoms with van der Waals surface area (Å²) in [5.41, 5.74) is 23.4. The van der Waals surface area contributed by atoms with Crippen molar-refractivity contribution in [2.45, 2.75) is 203 Å². The number of carbonyl (C=O) groups excluding carboxylic acids is 18. The van der Waals surface area contributed by atoms with Crippen molar-refractivity contribution < 1.29 is 101 Å². The Balaban J connectivity index is 1.49. The summed E-state index contributed by atoms with van der Waals surface area (Å²) in [6, 6.07) is -25.1. The fourth-order valence-corrected chi connectivity index (χ4v) is 17.3. The smallest absolute Gasteiger partial charge is 0.303 e. The van der Waals surface area contributed by atoms with Crippen LogP contribution in [0.25, 0.3) is 0 Å². The fourth-order valence-electron chi connectivity index (χ4n) is 12.6. The molecule has 2 bridgehead atoms. The average Bonchev–Trinajstić information content (AvgIpc) is 1.64. The third-order valence-corrected chi connectivity index (χ3v) is 24.0. The van der Waals surface area contributed by atoms with Gasteiger partial charge in [-0.3, -0.25) is 91.1 Å². The van der Waals surface area contributed by atoms with Crippen molar-refractivity contribution in [2.75, 3.05) is 49.3 Å². The maximum atomic E-state index is 14.9. The molecular formula is C68H103N23O21S4. The molecule has 4 saturated heterocycles. The minimum absolute atomic E-state index is 0.0262. The number of aliphatic carboxylic acids is 1. The van der Waals surface area contributed by atoms with Gasteiger partial charge in [0.1, 0.15) is 90.6 Å². The lowest BCUT2D eigenvalue weighted by atomic mass is 9.97. The number of carboxylic acid groups (broad SMARTS) is 1. The van der Waals surface area contributed by atoms with Crippen LogP contribution in [0.3, 0.4) is 0 Å². The SMILES string of the molecule is CC[C@H](C)[C@@H]1NC(=O)[C@H](CCC(=O)O)NC(=O)[C@@H]2CCCN2C(=O)[C@H](Cc2cnc[nH]2)NC(=O)[C@H](CC(N)=O)NC(=O)[C@H](C(C)C)NC(=O)[C@H](CC(N)=O)NC(=O)[C@@H]2CSSC[C@H](NC(=O)CN)C(=O)N[C@@H](CSSC[C@@H](C(N)=O)NC1=O)C(=O)N[C@@H](CO)C(=O)N[C@@H](Cc1cnc[nH]1)C(=O)N1CCC[C@H]1C(=O)N[C@@H](C(C)C)C(=O)N2. The maximum absolute atomic E-state index is 14.9. The molecule has 0 spiro atoms. The van der Waals surface area contributed by atoms with Crippen LogP contribution in [-0.2, 0) is 104 Å². The minimum atomic E-state index is -2.00. The molecule has 18 amide bonds. The van der Waals surface area contributed by atoms with Crippen molar-refractivity contribution in [3.05, 3.63) is 36.4 Å². The first-order valence-electron chi connectivity index (χ1n) is 37.3. The number of hydrogen-bond acceptors (Lipinski definition) is 27. The second-order valence-corrected chi connectivity index (χ2v) is 33.7. The summed E-state index contributed by atoms with van der Waals surface area (Å²) in [5.74, 6) is -25.2. The number of aliphatic hydroxyl groups excluding tert-OH is 1. The van der Waals surface area contributed by atoms with E-state index >= 15 is 0 Å². The predicted molar refractivity (Wildman–Crippen MR) is 418 cm³/mol. The van der Waals surface area contributed by atoms with E-state index in [1.54, 1.807) is 13.8 Å². The molecule has 44 nitrogen and oxygen atoms in total. The van der Waals surface area contributed by atoms with E-state index in [1.165, 1.54) is 52.7 Å². The lowest BCUT2D eigenvalue weighted by Crippen LogP contribution is -2.62. The van der Waals surface area contributed by atoms with E-state index < -0.39 is 283 Å². The molecule has 0 radical (unpaired) electrons. The molecule has 16 atom stereocenters. The topological polar surface area (TPSA) is 689 Å². The zero-order valence-electron chi connectivity index (χ0n) is 64.5. The van der Waals surface area contributed by atoms with Crippen molar-refractivity contribution in [1.29, 1.82) is 0 Å². The Morgan fingerprint density at radius 2 is 0.905 bits per heavy atom. The zero-order valence-corrected chi connectivity index (χ0v) is 67.8. The van der Waals surface area contributed by atoms with Crippen molar-refractivity contribution >= 4 is 155 Å². The van der Waals surface area contributed by atoms with Crippen molar-refractivity contribution in [3.8, 4) is 0 Å². The van der Waals surface area contributed by atoms with Gasteiger partial charge in [0.15, 0.2) is 0 Å². The number of carbonyl (C=O) groups is 19. The molecule has 0 aliphatic carbocycles. The van der Waals surface area contributed by atoms with Crippen LogP contribution in [-0.4, -0.2) is 292 Å². The van der Waals surface area contributed by atoms with Gasteiger partial charge in [0.2, 0.25) is 106 Å². The van der Waals surface area contributed by atoms with Crippen LogP contribution in [0.4, 0.5) is 0 Å². The van der Waals surface area contributed by atoms with Gasteiger partial charge in [-0.2, -0.15) is 0 Å². The molecule has 25 N–H and O–H groups in total. The number of aromatic nitrogens is 4. The molecule has 48 heteroatoms. The Hall–Kier alpha value is -10.3. The number of carboxylic acids is 1. The summed E-state index contributed by atoms with van der Waals surface area (Å²) in [7, 11) is 3.14. The van der Waals surface area contributed by atoms with Gasteiger partial charge >= 0.3 is 5.97 Å². The standard InChI is InChI=1S/C68H103N23O21S4/c1-7-32(6)53-66(110)84-41(54(72)98)24-113-115-26-43-61(105)83-40(23-92)58(102)82-39(17-34-22-74-29-76-34)68(112)91-15-9-11-46(91)63(107)88-52(31(4)5)65(109)86-44(27-116-114-25-42(59(103)85-43)77-49(95)20-69)60(104)79-37(19-48(71)94)57(101)87-51(30(2)3)64(108)80-36(18-47(70)93)56(100)81-38(16-33-21-73-28-75-33)67(111)90-14-8-10-45(90)62(106)78-35(55(99)89-53)12-13-50(96)97/h21-22,28-32,35-46,51-53,92H,7-20,23-27,69H2,1-6H3,(H2,70,93)(H2,71,94)(H2,72,98)(H,73,75)(H,74,76)(H,77,95)(H,78,106)(H,79,104)(H,80,108)(H,81,100)(H,82,102)(H,83,105)(H,84,110)(H,85,103)(H,86,109)(H,87,101)(H,88,107)(H,89,99)(H,96,97)/t32-,35-,36-,37-,38-,39-,40-,41-,42-,43-,44-,45-,46-,51-,52-,53-/m0/s1. The van der Waals surface area contributed by atoms with Gasteiger partial charge in [-0.15, -0.1) is 0 Å². The van der Waals surface area contributed by atoms with Crippen LogP contribution in [0, 0.1) is 17.8 Å². The molecule has 4 fully saturated rings. The maximum Gasteiger partial charge on any atom is 0.303 e. The molecule has 6 rings (SSSR count). The highest BCUT2D eigenvalue weighted by molar-refractivity contribution is 8.77. The largest absolute Gasteiger partial charge is 0.481 e. The fraction of sp³-hybridized carbons (Fsp3) is 0.632. The van der Waals surface area contributed by atoms with Crippen LogP contribution in [0.1, 0.15) is 111 Å². The van der Waals surface area contributed by atoms with Gasteiger partial charge in [-0.1, -0.05) is 91.1 Å². The summed E-state index contributed by atoms with van der Waals surface area (Å²) in [6.07, 6.45) is 1.78. The van der Waals surface area contributed by atoms with Crippen LogP contribution in [0.2, 0.25) is 0 Å². The molecule has 4 aliphatic heterocycles. The number of aliphatic hydroxyl groups is 1. The highest BCUT2D eigenvalue weighted by Gasteiger charge is 2.45. The number of fused-ring (bicyclic) bond motifs is 10. The third-order valence-electron chi connectivity index (χ3n) is 19.2. The highest BCUT2D eigenvalue weighted by atomic mass is 33.1. The third kappa shape index (κ3) is 28.3. The molecule has 640 valence electrons. The number of aromatic amines is 2. The molecule has 0 aromatic carbocycles. The minimum Gasteiger partial charge on any atom is -0.481 e. The van der Waals surface area contributed by atoms with E-state index in [0.29, 0.717) is 0 Å². The van der Waals surface area contributed by atoms with Crippen LogP contribution in [0.5, 0.6) is 0 Å². The molecule has 6 heterocycles. The summed E-state index contributed by atoms with van der Waals surface area (Å²) in [6.45, 7) is 7.10. The van der Waals surface area contributed by atoms with Gasteiger partial charge in [0.05, 0.1) is 38.6 Å². The van der Waals surface area contributed by atoms with Gasteiger partial charge in [-0.05, 0) is 49.9 Å². The normalized spacial score (nSPS) is 27.7. The first kappa shape index (κ1) is 94.5. The van der Waals surface area contributed by atoms with Crippen LogP contribution >= 0.6 is 43.2 Å². The van der Waals surface area contributed by atoms with Crippen molar-refractivity contribution in [3.63, 3.8) is 0 Å². The number of primary amides is 3. The quantitative estimate of drug-likeness (QED) is 0.0581. The summed E-state index contributed by atoms with van der Waals surface area (Å²) >= 11 is 0. The molecule has 2 aromatic rings. The first-order valence-corrected chi connectivity index (χ1v) is 42.3. The highest BCUT2D eigenvalue weighted by Crippen LogP contribution is 2.28. The lowest BCUT2D eigenvalue weighted by Gasteiger charge is -2.31. The Bertz CT molecular complexity index is 3880. The van der Waals surface area contributed by atoms with Crippen LogP contribution in [0.15, 0.2) is 25.0 Å². The number of H-pyrrole nitrogens is 2. The van der Waals surface area contributed by atoms with E-state index in [-0.39, 0.29) is 69.4 Å². The van der Waals surface area contributed by atoms with Gasteiger partial charge < -0.3 is 122 Å². The number of nitrogens with zero attached hydrogens (tertiary/aromatic N) is 4. The molecule has 0 unspecified atom stereocenters. The number of amides is 18. The van der Waals surface area contributed by atoms with E-state index in [9.17, 15) is 101 Å².